The van der Waals surface area contributed by atoms with Gasteiger partial charge in [-0.1, -0.05) is 19.8 Å². The average molecular weight is 352 g/mol. The lowest BCUT2D eigenvalue weighted by molar-refractivity contribution is -0.116. The van der Waals surface area contributed by atoms with Gasteiger partial charge < -0.3 is 9.64 Å². The standard InChI is InChI=1S/C17H24N2O4S/c1-12-5-3-4-6-15(12)18-24(21,22)14-7-8-16-17(11-14)23-10-9-19(16)13(2)20/h7-8,11-12,15,18H,3-6,9-10H2,1-2H3. The predicted octanol–water partition coefficient (Wildman–Crippen LogP) is 2.29. The van der Waals surface area contributed by atoms with Crippen molar-refractivity contribution in [3.63, 3.8) is 0 Å². The first-order chi connectivity index (χ1) is 11.4. The molecule has 24 heavy (non-hydrogen) atoms. The van der Waals surface area contributed by atoms with Crippen molar-refractivity contribution >= 4 is 21.6 Å². The van der Waals surface area contributed by atoms with Crippen LogP contribution in [0.3, 0.4) is 0 Å². The van der Waals surface area contributed by atoms with Crippen molar-refractivity contribution in [2.24, 2.45) is 5.92 Å². The number of carbonyl (C=O) groups excluding carboxylic acids is 1. The summed E-state index contributed by atoms with van der Waals surface area (Å²) in [6.45, 7) is 4.42. The van der Waals surface area contributed by atoms with Gasteiger partial charge in [0.15, 0.2) is 0 Å². The molecule has 1 N–H and O–H groups in total. The average Bonchev–Trinajstić information content (AvgIpc) is 2.55. The summed E-state index contributed by atoms with van der Waals surface area (Å²) in [4.78, 5) is 13.5. The van der Waals surface area contributed by atoms with Crippen molar-refractivity contribution in [2.45, 2.75) is 50.5 Å². The van der Waals surface area contributed by atoms with Crippen LogP contribution in [0.5, 0.6) is 5.75 Å². The number of rotatable bonds is 3. The lowest BCUT2D eigenvalue weighted by Gasteiger charge is -2.30. The minimum atomic E-state index is -3.60. The second kappa shape index (κ2) is 6.72. The highest BCUT2D eigenvalue weighted by molar-refractivity contribution is 7.89. The van der Waals surface area contributed by atoms with E-state index < -0.39 is 10.0 Å². The van der Waals surface area contributed by atoms with Gasteiger partial charge >= 0.3 is 0 Å². The predicted molar refractivity (Wildman–Crippen MR) is 91.7 cm³/mol. The van der Waals surface area contributed by atoms with Gasteiger partial charge in [0.2, 0.25) is 15.9 Å². The maximum Gasteiger partial charge on any atom is 0.240 e. The van der Waals surface area contributed by atoms with E-state index in [1.165, 1.54) is 13.0 Å². The van der Waals surface area contributed by atoms with Crippen LogP contribution < -0.4 is 14.4 Å². The van der Waals surface area contributed by atoms with E-state index in [1.807, 2.05) is 0 Å². The maximum atomic E-state index is 12.7. The Bertz CT molecular complexity index is 732. The van der Waals surface area contributed by atoms with Gasteiger partial charge in [-0.05, 0) is 30.9 Å². The molecule has 1 saturated carbocycles. The molecule has 1 amide bonds. The number of benzene rings is 1. The molecule has 0 spiro atoms. The summed E-state index contributed by atoms with van der Waals surface area (Å²) in [6.07, 6.45) is 4.14. The molecular weight excluding hydrogens is 328 g/mol. The van der Waals surface area contributed by atoms with Crippen molar-refractivity contribution < 1.29 is 17.9 Å². The van der Waals surface area contributed by atoms with Crippen LogP contribution in [-0.4, -0.2) is 33.5 Å². The summed E-state index contributed by atoms with van der Waals surface area (Å²) in [5.74, 6) is 0.705. The Kier molecular flexibility index (Phi) is 4.83. The summed E-state index contributed by atoms with van der Waals surface area (Å²) in [5.41, 5.74) is 0.624. The second-order valence-electron chi connectivity index (χ2n) is 6.64. The van der Waals surface area contributed by atoms with E-state index in [0.717, 1.165) is 25.7 Å². The Hall–Kier alpha value is -1.60. The number of sulfonamides is 1. The number of anilines is 1. The van der Waals surface area contributed by atoms with Crippen LogP contribution in [0.25, 0.3) is 0 Å². The van der Waals surface area contributed by atoms with Gasteiger partial charge in [0.25, 0.3) is 0 Å². The zero-order chi connectivity index (χ0) is 17.3. The van der Waals surface area contributed by atoms with Crippen LogP contribution >= 0.6 is 0 Å². The largest absolute Gasteiger partial charge is 0.489 e. The van der Waals surface area contributed by atoms with Gasteiger partial charge in [0, 0.05) is 19.0 Å². The highest BCUT2D eigenvalue weighted by Gasteiger charge is 2.28. The molecule has 0 aromatic heterocycles. The number of hydrogen-bond donors (Lipinski definition) is 1. The van der Waals surface area contributed by atoms with Gasteiger partial charge in [-0.3, -0.25) is 4.79 Å². The molecule has 1 aromatic carbocycles. The number of nitrogens with zero attached hydrogens (tertiary/aromatic N) is 1. The second-order valence-corrected chi connectivity index (χ2v) is 8.35. The molecule has 0 saturated heterocycles. The van der Waals surface area contributed by atoms with Crippen molar-refractivity contribution in [3.8, 4) is 5.75 Å². The number of fused-ring (bicyclic) bond motifs is 1. The Morgan fingerprint density at radius 3 is 2.75 bits per heavy atom. The van der Waals surface area contributed by atoms with Crippen molar-refractivity contribution in [2.75, 3.05) is 18.1 Å². The summed E-state index contributed by atoms with van der Waals surface area (Å²) in [5, 5.41) is 0. The number of nitrogens with one attached hydrogen (secondary N) is 1. The molecule has 7 heteroatoms. The van der Waals surface area contributed by atoms with Gasteiger partial charge in [-0.25, -0.2) is 13.1 Å². The summed E-state index contributed by atoms with van der Waals surface area (Å²) in [7, 11) is -3.60. The van der Waals surface area contributed by atoms with E-state index >= 15 is 0 Å². The van der Waals surface area contributed by atoms with E-state index in [2.05, 4.69) is 11.6 Å². The fourth-order valence-corrected chi connectivity index (χ4v) is 4.85. The maximum absolute atomic E-state index is 12.7. The quantitative estimate of drug-likeness (QED) is 0.905. The molecule has 2 aliphatic rings. The third-order valence-corrected chi connectivity index (χ3v) is 6.39. The van der Waals surface area contributed by atoms with Gasteiger partial charge in [0.05, 0.1) is 17.1 Å². The molecule has 1 aliphatic heterocycles. The molecule has 2 atom stereocenters. The van der Waals surface area contributed by atoms with Crippen LogP contribution in [0, 0.1) is 5.92 Å². The summed E-state index contributed by atoms with van der Waals surface area (Å²) < 4.78 is 33.8. The monoisotopic (exact) mass is 352 g/mol. The molecule has 1 aromatic rings. The molecule has 1 fully saturated rings. The molecule has 132 valence electrons. The van der Waals surface area contributed by atoms with Gasteiger partial charge in [-0.2, -0.15) is 0 Å². The van der Waals surface area contributed by atoms with E-state index in [1.54, 1.807) is 17.0 Å². The van der Waals surface area contributed by atoms with Crippen LogP contribution in [0.1, 0.15) is 39.5 Å². The first-order valence-electron chi connectivity index (χ1n) is 8.46. The molecule has 1 aliphatic carbocycles. The smallest absolute Gasteiger partial charge is 0.240 e. The molecule has 6 nitrogen and oxygen atoms in total. The van der Waals surface area contributed by atoms with Crippen LogP contribution in [0.2, 0.25) is 0 Å². The molecule has 2 unspecified atom stereocenters. The van der Waals surface area contributed by atoms with Crippen molar-refractivity contribution in [1.82, 2.24) is 4.72 Å². The molecular formula is C17H24N2O4S. The van der Waals surface area contributed by atoms with Gasteiger partial charge in [0.1, 0.15) is 12.4 Å². The van der Waals surface area contributed by atoms with Crippen molar-refractivity contribution in [1.29, 1.82) is 0 Å². The molecule has 0 bridgehead atoms. The minimum absolute atomic E-state index is 0.0191. The minimum Gasteiger partial charge on any atom is -0.489 e. The van der Waals surface area contributed by atoms with Crippen molar-refractivity contribution in [3.05, 3.63) is 18.2 Å². The fraction of sp³-hybridized carbons (Fsp3) is 0.588. The number of carbonyl (C=O) groups is 1. The van der Waals surface area contributed by atoms with Crippen LogP contribution in [0.15, 0.2) is 23.1 Å². The molecule has 0 radical (unpaired) electrons. The third kappa shape index (κ3) is 3.42. The van der Waals surface area contributed by atoms with Crippen LogP contribution in [-0.2, 0) is 14.8 Å². The first kappa shape index (κ1) is 17.2. The van der Waals surface area contributed by atoms with E-state index in [-0.39, 0.29) is 16.8 Å². The normalized spacial score (nSPS) is 24.2. The van der Waals surface area contributed by atoms with E-state index in [9.17, 15) is 13.2 Å². The van der Waals surface area contributed by atoms with E-state index in [0.29, 0.717) is 30.5 Å². The lowest BCUT2D eigenvalue weighted by Crippen LogP contribution is -2.41. The zero-order valence-electron chi connectivity index (χ0n) is 14.1. The van der Waals surface area contributed by atoms with Gasteiger partial charge in [-0.15, -0.1) is 0 Å². The summed E-state index contributed by atoms with van der Waals surface area (Å²) in [6, 6.07) is 4.68. The number of amides is 1. The third-order valence-electron chi connectivity index (χ3n) is 4.90. The first-order valence-corrected chi connectivity index (χ1v) is 9.94. The molecule has 3 rings (SSSR count). The topological polar surface area (TPSA) is 75.7 Å². The zero-order valence-corrected chi connectivity index (χ0v) is 14.9. The summed E-state index contributed by atoms with van der Waals surface area (Å²) >= 11 is 0. The van der Waals surface area contributed by atoms with Crippen LogP contribution in [0.4, 0.5) is 5.69 Å². The Morgan fingerprint density at radius 2 is 2.04 bits per heavy atom. The fourth-order valence-electron chi connectivity index (χ4n) is 3.45. The lowest BCUT2D eigenvalue weighted by atomic mass is 9.87. The Labute approximate surface area is 143 Å². The number of ether oxygens (including phenoxy) is 1. The van der Waals surface area contributed by atoms with E-state index in [4.69, 9.17) is 4.74 Å². The molecule has 1 heterocycles. The highest BCUT2D eigenvalue weighted by atomic mass is 32.2. The highest BCUT2D eigenvalue weighted by Crippen LogP contribution is 2.34. The Morgan fingerprint density at radius 1 is 1.29 bits per heavy atom. The number of hydrogen-bond acceptors (Lipinski definition) is 4. The Balaban J connectivity index is 1.85. The SMILES string of the molecule is CC(=O)N1CCOc2cc(S(=O)(=O)NC3CCCCC3C)ccc21.